The van der Waals surface area contributed by atoms with Crippen LogP contribution in [0.25, 0.3) is 0 Å². The monoisotopic (exact) mass is 421 g/mol. The van der Waals surface area contributed by atoms with Gasteiger partial charge in [0.25, 0.3) is 0 Å². The van der Waals surface area contributed by atoms with Gasteiger partial charge in [-0.15, -0.1) is 24.2 Å². The van der Waals surface area contributed by atoms with Gasteiger partial charge in [0.15, 0.2) is 0 Å². The SMILES string of the molecule is CNC[C@@H](O)[C@@H]1C[C@H](SC2=C(C(=O)O)N3C(=O)[C@H]([C@@H](C)O)[C@H]3[C@H]2C)CN1.Cl. The van der Waals surface area contributed by atoms with E-state index in [4.69, 9.17) is 0 Å². The molecule has 3 aliphatic rings. The summed E-state index contributed by atoms with van der Waals surface area (Å²) < 4.78 is 0. The van der Waals surface area contributed by atoms with E-state index >= 15 is 0 Å². The van der Waals surface area contributed by atoms with Crippen LogP contribution in [0.3, 0.4) is 0 Å². The molecule has 0 unspecified atom stereocenters. The lowest BCUT2D eigenvalue weighted by Crippen LogP contribution is -2.63. The summed E-state index contributed by atoms with van der Waals surface area (Å²) >= 11 is 1.49. The maximum atomic E-state index is 12.3. The van der Waals surface area contributed by atoms with Crippen LogP contribution in [0.15, 0.2) is 10.6 Å². The second-order valence-corrected chi connectivity index (χ2v) is 8.73. The molecule has 0 aromatic carbocycles. The lowest BCUT2D eigenvalue weighted by molar-refractivity contribution is -0.163. The van der Waals surface area contributed by atoms with Crippen molar-refractivity contribution < 1.29 is 24.9 Å². The van der Waals surface area contributed by atoms with Gasteiger partial charge in [-0.1, -0.05) is 6.92 Å². The van der Waals surface area contributed by atoms with Crippen molar-refractivity contribution in [1.82, 2.24) is 15.5 Å². The van der Waals surface area contributed by atoms with Crippen molar-refractivity contribution in [3.8, 4) is 0 Å². The summed E-state index contributed by atoms with van der Waals surface area (Å²) in [5.41, 5.74) is 0.0635. The third-order valence-electron chi connectivity index (χ3n) is 5.61. The van der Waals surface area contributed by atoms with Crippen LogP contribution in [0.4, 0.5) is 0 Å². The molecule has 0 aromatic rings. The Balaban J connectivity index is 0.00000261. The maximum Gasteiger partial charge on any atom is 0.353 e. The van der Waals surface area contributed by atoms with Crippen molar-refractivity contribution in [1.29, 1.82) is 0 Å². The van der Waals surface area contributed by atoms with Crippen LogP contribution >= 0.6 is 24.2 Å². The highest BCUT2D eigenvalue weighted by atomic mass is 35.5. The van der Waals surface area contributed by atoms with Crippen molar-refractivity contribution in [2.24, 2.45) is 11.8 Å². The van der Waals surface area contributed by atoms with Gasteiger partial charge < -0.3 is 30.9 Å². The lowest BCUT2D eigenvalue weighted by Gasteiger charge is -2.46. The highest BCUT2D eigenvalue weighted by Crippen LogP contribution is 2.51. The van der Waals surface area contributed by atoms with Gasteiger partial charge in [0, 0.05) is 35.2 Å². The van der Waals surface area contributed by atoms with E-state index in [-0.39, 0.29) is 47.3 Å². The number of amides is 1. The molecular formula is C17H28ClN3O5S. The number of aliphatic hydroxyl groups is 2. The van der Waals surface area contributed by atoms with Gasteiger partial charge in [-0.25, -0.2) is 4.79 Å². The zero-order valence-corrected chi connectivity index (χ0v) is 17.2. The van der Waals surface area contributed by atoms with Crippen LogP contribution in [-0.4, -0.2) is 81.8 Å². The molecule has 3 heterocycles. The van der Waals surface area contributed by atoms with Crippen LogP contribution in [0.2, 0.25) is 0 Å². The maximum absolute atomic E-state index is 12.3. The Bertz CT molecular complexity index is 632. The largest absolute Gasteiger partial charge is 0.477 e. The minimum atomic E-state index is -1.10. The molecule has 27 heavy (non-hydrogen) atoms. The summed E-state index contributed by atoms with van der Waals surface area (Å²) in [5, 5.41) is 36.0. The van der Waals surface area contributed by atoms with Crippen LogP contribution in [0, 0.1) is 11.8 Å². The topological polar surface area (TPSA) is 122 Å². The van der Waals surface area contributed by atoms with Gasteiger partial charge in [0.05, 0.1) is 24.2 Å². The number of thioether (sulfide) groups is 1. The first-order valence-electron chi connectivity index (χ1n) is 8.99. The van der Waals surface area contributed by atoms with Gasteiger partial charge in [-0.3, -0.25) is 4.79 Å². The van der Waals surface area contributed by atoms with Crippen LogP contribution in [0.5, 0.6) is 0 Å². The number of halogens is 1. The molecule has 154 valence electrons. The van der Waals surface area contributed by atoms with E-state index in [1.165, 1.54) is 16.7 Å². The first kappa shape index (κ1) is 22.4. The lowest BCUT2D eigenvalue weighted by atomic mass is 9.79. The molecule has 2 saturated heterocycles. The van der Waals surface area contributed by atoms with Gasteiger partial charge in [0.1, 0.15) is 5.70 Å². The number of nitrogens with one attached hydrogen (secondary N) is 2. The number of hydrogen-bond acceptors (Lipinski definition) is 7. The molecule has 10 heteroatoms. The molecule has 0 aromatic heterocycles. The molecular weight excluding hydrogens is 394 g/mol. The molecule has 8 nitrogen and oxygen atoms in total. The Morgan fingerprint density at radius 2 is 2.11 bits per heavy atom. The molecule has 5 N–H and O–H groups in total. The Labute approximate surface area is 169 Å². The minimum Gasteiger partial charge on any atom is -0.477 e. The number of aliphatic carboxylic acids is 1. The molecule has 0 radical (unpaired) electrons. The molecule has 0 saturated carbocycles. The van der Waals surface area contributed by atoms with E-state index < -0.39 is 24.1 Å². The molecule has 0 bridgehead atoms. The molecule has 3 rings (SSSR count). The Kier molecular flexibility index (Phi) is 7.21. The van der Waals surface area contributed by atoms with Crippen molar-refractivity contribution in [2.75, 3.05) is 20.1 Å². The third-order valence-corrected chi connectivity index (χ3v) is 7.12. The van der Waals surface area contributed by atoms with E-state index in [1.807, 2.05) is 6.92 Å². The van der Waals surface area contributed by atoms with Gasteiger partial charge >= 0.3 is 5.97 Å². The first-order valence-corrected chi connectivity index (χ1v) is 9.87. The number of carboxylic acids is 1. The van der Waals surface area contributed by atoms with Gasteiger partial charge in [0.2, 0.25) is 5.91 Å². The smallest absolute Gasteiger partial charge is 0.353 e. The summed E-state index contributed by atoms with van der Waals surface area (Å²) in [6.45, 7) is 4.67. The quantitative estimate of drug-likeness (QED) is 0.352. The number of nitrogens with zero attached hydrogens (tertiary/aromatic N) is 1. The van der Waals surface area contributed by atoms with Crippen LogP contribution in [0.1, 0.15) is 20.3 Å². The zero-order chi connectivity index (χ0) is 19.2. The summed E-state index contributed by atoms with van der Waals surface area (Å²) in [7, 11) is 1.79. The predicted molar refractivity (Wildman–Crippen MR) is 105 cm³/mol. The number of hydrogen-bond donors (Lipinski definition) is 5. The van der Waals surface area contributed by atoms with E-state index in [1.54, 1.807) is 14.0 Å². The summed E-state index contributed by atoms with van der Waals surface area (Å²) in [4.78, 5) is 26.2. The number of carbonyl (C=O) groups is 2. The number of rotatable bonds is 7. The van der Waals surface area contributed by atoms with E-state index in [9.17, 15) is 24.9 Å². The average molecular weight is 422 g/mol. The minimum absolute atomic E-state index is 0. The van der Waals surface area contributed by atoms with E-state index in [2.05, 4.69) is 10.6 Å². The number of likely N-dealkylation sites (N-methyl/N-ethyl adjacent to an activating group) is 1. The third kappa shape index (κ3) is 3.86. The number of β-lactam (4-membered cyclic amide) rings is 1. The molecule has 2 fully saturated rings. The molecule has 1 amide bonds. The highest BCUT2D eigenvalue weighted by molar-refractivity contribution is 8.03. The Morgan fingerprint density at radius 1 is 1.44 bits per heavy atom. The highest BCUT2D eigenvalue weighted by Gasteiger charge is 2.60. The predicted octanol–water partition coefficient (Wildman–Crippen LogP) is -0.394. The fourth-order valence-electron chi connectivity index (χ4n) is 4.33. The standard InChI is InChI=1S/C17H27N3O5S.ClH/c1-7-13-12(8(2)21)16(23)20(13)14(17(24)25)15(7)26-9-4-10(19-5-9)11(22)6-18-3;/h7-13,18-19,21-22H,4-6H2,1-3H3,(H,24,25);1H/t7-,8-,9+,10+,11-,12-,13-;/m1./s1. The average Bonchev–Trinajstić information content (AvgIpc) is 3.11. The van der Waals surface area contributed by atoms with Crippen LogP contribution in [-0.2, 0) is 9.59 Å². The fourth-order valence-corrected chi connectivity index (χ4v) is 5.82. The van der Waals surface area contributed by atoms with Gasteiger partial charge in [-0.2, -0.15) is 0 Å². The van der Waals surface area contributed by atoms with Crippen molar-refractivity contribution in [3.63, 3.8) is 0 Å². The van der Waals surface area contributed by atoms with Crippen LogP contribution < -0.4 is 10.6 Å². The molecule has 3 aliphatic heterocycles. The fraction of sp³-hybridized carbons (Fsp3) is 0.765. The number of fused-ring (bicyclic) bond motifs is 1. The summed E-state index contributed by atoms with van der Waals surface area (Å²) in [6, 6.07) is -0.314. The zero-order valence-electron chi connectivity index (χ0n) is 15.6. The Hall–Kier alpha value is -0.840. The normalized spacial score (nSPS) is 34.8. The van der Waals surface area contributed by atoms with Crippen molar-refractivity contribution in [2.45, 2.75) is 49.8 Å². The van der Waals surface area contributed by atoms with E-state index in [0.717, 1.165) is 6.42 Å². The van der Waals surface area contributed by atoms with Crippen molar-refractivity contribution >= 4 is 36.0 Å². The van der Waals surface area contributed by atoms with Gasteiger partial charge in [-0.05, 0) is 20.4 Å². The van der Waals surface area contributed by atoms with E-state index in [0.29, 0.717) is 18.0 Å². The first-order chi connectivity index (χ1) is 12.3. The number of carbonyl (C=O) groups excluding carboxylic acids is 1. The molecule has 0 aliphatic carbocycles. The molecule has 0 spiro atoms. The summed E-state index contributed by atoms with van der Waals surface area (Å²) in [6.07, 6.45) is -0.560. The van der Waals surface area contributed by atoms with Crippen molar-refractivity contribution in [3.05, 3.63) is 10.6 Å². The number of aliphatic hydroxyl groups excluding tert-OH is 2. The molecule has 7 atom stereocenters. The summed E-state index contributed by atoms with van der Waals surface area (Å²) in [5.74, 6) is -2.07. The second-order valence-electron chi connectivity index (χ2n) is 7.39. The second kappa shape index (κ2) is 8.67. The Morgan fingerprint density at radius 3 is 2.67 bits per heavy atom. The number of carboxylic acid groups (broad SMARTS) is 1.